The Kier molecular flexibility index (Phi) is 4.44. The summed E-state index contributed by atoms with van der Waals surface area (Å²) in [6, 6.07) is 6.33. The number of rotatable bonds is 4. The molecule has 1 aromatic carbocycles. The first kappa shape index (κ1) is 16.3. The molecule has 124 valence electrons. The van der Waals surface area contributed by atoms with Gasteiger partial charge in [0.1, 0.15) is 22.8 Å². The fraction of sp³-hybridized carbons (Fsp3) is 0.235. The largest absolute Gasteiger partial charge is 0.350 e. The van der Waals surface area contributed by atoms with Crippen LogP contribution in [-0.2, 0) is 4.79 Å². The highest BCUT2D eigenvalue weighted by Gasteiger charge is 2.18. The van der Waals surface area contributed by atoms with Crippen LogP contribution in [0.1, 0.15) is 0 Å². The van der Waals surface area contributed by atoms with Gasteiger partial charge in [-0.1, -0.05) is 12.1 Å². The summed E-state index contributed by atoms with van der Waals surface area (Å²) < 4.78 is 13.2. The van der Waals surface area contributed by atoms with Gasteiger partial charge in [0.15, 0.2) is 0 Å². The number of anilines is 1. The number of amides is 1. The van der Waals surface area contributed by atoms with Gasteiger partial charge in [-0.25, -0.2) is 14.4 Å². The second kappa shape index (κ2) is 6.52. The first-order chi connectivity index (χ1) is 11.5. The minimum atomic E-state index is -0.275. The second-order valence-electron chi connectivity index (χ2n) is 5.68. The van der Waals surface area contributed by atoms with Crippen LogP contribution >= 0.6 is 11.3 Å². The lowest BCUT2D eigenvalue weighted by atomic mass is 10.1. The average molecular weight is 344 g/mol. The lowest BCUT2D eigenvalue weighted by molar-refractivity contribution is -0.127. The number of aromatic nitrogens is 2. The molecule has 7 heteroatoms. The van der Waals surface area contributed by atoms with Crippen molar-refractivity contribution in [2.24, 2.45) is 0 Å². The standard InChI is InChI=1S/C17H17FN4OS/c1-21(2)14(23)8-22(3)16-15-13(9-24-17(15)20-10-19-16)11-4-6-12(18)7-5-11/h4-7,9-10H,8H2,1-3H3. The average Bonchev–Trinajstić information content (AvgIpc) is 2.99. The van der Waals surface area contributed by atoms with E-state index >= 15 is 0 Å². The summed E-state index contributed by atoms with van der Waals surface area (Å²) in [6.07, 6.45) is 1.50. The van der Waals surface area contributed by atoms with Crippen LogP contribution in [0, 0.1) is 5.82 Å². The number of thiophene rings is 1. The predicted molar refractivity (Wildman–Crippen MR) is 94.8 cm³/mol. The van der Waals surface area contributed by atoms with Crippen molar-refractivity contribution < 1.29 is 9.18 Å². The monoisotopic (exact) mass is 344 g/mol. The van der Waals surface area contributed by atoms with Crippen LogP contribution in [0.4, 0.5) is 10.2 Å². The normalized spacial score (nSPS) is 10.8. The van der Waals surface area contributed by atoms with E-state index in [2.05, 4.69) is 9.97 Å². The van der Waals surface area contributed by atoms with Gasteiger partial charge >= 0.3 is 0 Å². The maximum absolute atomic E-state index is 13.2. The van der Waals surface area contributed by atoms with E-state index in [9.17, 15) is 9.18 Å². The molecule has 1 amide bonds. The highest BCUT2D eigenvalue weighted by atomic mass is 32.1. The summed E-state index contributed by atoms with van der Waals surface area (Å²) in [7, 11) is 5.27. The number of fused-ring (bicyclic) bond motifs is 1. The molecule has 2 aromatic heterocycles. The molecule has 5 nitrogen and oxygen atoms in total. The molecule has 0 saturated carbocycles. The van der Waals surface area contributed by atoms with Crippen molar-refractivity contribution in [3.05, 3.63) is 41.8 Å². The Hall–Kier alpha value is -2.54. The molecule has 0 fully saturated rings. The number of nitrogens with zero attached hydrogens (tertiary/aromatic N) is 4. The molecular formula is C17H17FN4OS. The van der Waals surface area contributed by atoms with Gasteiger partial charge in [0, 0.05) is 32.1 Å². The van der Waals surface area contributed by atoms with Crippen molar-refractivity contribution in [3.63, 3.8) is 0 Å². The molecule has 24 heavy (non-hydrogen) atoms. The molecule has 2 heterocycles. The van der Waals surface area contributed by atoms with Crippen molar-refractivity contribution >= 4 is 33.3 Å². The van der Waals surface area contributed by atoms with E-state index in [0.29, 0.717) is 5.82 Å². The lowest BCUT2D eigenvalue weighted by Gasteiger charge is -2.21. The molecule has 3 aromatic rings. The van der Waals surface area contributed by atoms with E-state index < -0.39 is 0 Å². The minimum absolute atomic E-state index is 0.0113. The number of benzene rings is 1. The number of hydrogen-bond acceptors (Lipinski definition) is 5. The summed E-state index contributed by atoms with van der Waals surface area (Å²) in [6.45, 7) is 0.220. The maximum atomic E-state index is 13.2. The third-order valence-corrected chi connectivity index (χ3v) is 4.62. The van der Waals surface area contributed by atoms with Crippen LogP contribution in [0.25, 0.3) is 21.3 Å². The second-order valence-corrected chi connectivity index (χ2v) is 6.54. The van der Waals surface area contributed by atoms with Gasteiger partial charge < -0.3 is 9.80 Å². The van der Waals surface area contributed by atoms with E-state index in [1.165, 1.54) is 29.8 Å². The third-order valence-electron chi connectivity index (χ3n) is 3.74. The van der Waals surface area contributed by atoms with E-state index in [-0.39, 0.29) is 18.3 Å². The van der Waals surface area contributed by atoms with Crippen LogP contribution in [0.5, 0.6) is 0 Å². The Balaban J connectivity index is 2.07. The highest BCUT2D eigenvalue weighted by molar-refractivity contribution is 7.17. The van der Waals surface area contributed by atoms with Gasteiger partial charge in [0.2, 0.25) is 5.91 Å². The molecule has 0 aliphatic carbocycles. The molecule has 0 N–H and O–H groups in total. The van der Waals surface area contributed by atoms with Gasteiger partial charge in [-0.2, -0.15) is 0 Å². The van der Waals surface area contributed by atoms with Gasteiger partial charge in [0.25, 0.3) is 0 Å². The van der Waals surface area contributed by atoms with Gasteiger partial charge in [-0.3, -0.25) is 4.79 Å². The number of carbonyl (C=O) groups excluding carboxylic acids is 1. The molecule has 0 spiro atoms. The maximum Gasteiger partial charge on any atom is 0.241 e. The van der Waals surface area contributed by atoms with Crippen molar-refractivity contribution in [2.45, 2.75) is 0 Å². The van der Waals surface area contributed by atoms with Gasteiger partial charge in [-0.15, -0.1) is 11.3 Å². The fourth-order valence-electron chi connectivity index (χ4n) is 2.41. The fourth-order valence-corrected chi connectivity index (χ4v) is 3.32. The van der Waals surface area contributed by atoms with Gasteiger partial charge in [-0.05, 0) is 17.7 Å². The van der Waals surface area contributed by atoms with E-state index in [1.807, 2.05) is 17.3 Å². The Bertz CT molecular complexity index is 876. The SMILES string of the molecule is CN(C)C(=O)CN(C)c1ncnc2scc(-c3ccc(F)cc3)c12. The van der Waals surface area contributed by atoms with Crippen LogP contribution in [0.15, 0.2) is 36.0 Å². The number of carbonyl (C=O) groups is 1. The Morgan fingerprint density at radius 1 is 1.17 bits per heavy atom. The summed E-state index contributed by atoms with van der Waals surface area (Å²) in [4.78, 5) is 24.9. The number of likely N-dealkylation sites (N-methyl/N-ethyl adjacent to an activating group) is 2. The molecular weight excluding hydrogens is 327 g/mol. The number of halogens is 1. The van der Waals surface area contributed by atoms with Crippen molar-refractivity contribution in [1.82, 2.24) is 14.9 Å². The molecule has 3 rings (SSSR count). The minimum Gasteiger partial charge on any atom is -0.350 e. The van der Waals surface area contributed by atoms with Crippen LogP contribution in [0.3, 0.4) is 0 Å². The summed E-state index contributed by atoms with van der Waals surface area (Å²) in [5, 5.41) is 2.86. The van der Waals surface area contributed by atoms with Crippen molar-refractivity contribution in [1.29, 1.82) is 0 Å². The molecule has 0 aliphatic rings. The zero-order valence-electron chi connectivity index (χ0n) is 13.7. The summed E-state index contributed by atoms with van der Waals surface area (Å²) in [5.41, 5.74) is 1.83. The van der Waals surface area contributed by atoms with Crippen LogP contribution in [0.2, 0.25) is 0 Å². The summed E-state index contributed by atoms with van der Waals surface area (Å²) in [5.74, 6) is 0.405. The highest BCUT2D eigenvalue weighted by Crippen LogP contribution is 2.37. The lowest BCUT2D eigenvalue weighted by Crippen LogP contribution is -2.34. The van der Waals surface area contributed by atoms with E-state index in [1.54, 1.807) is 31.1 Å². The van der Waals surface area contributed by atoms with Gasteiger partial charge in [0.05, 0.1) is 11.9 Å². The topological polar surface area (TPSA) is 49.3 Å². The predicted octanol–water partition coefficient (Wildman–Crippen LogP) is 3.02. The zero-order chi connectivity index (χ0) is 17.3. The molecule has 0 radical (unpaired) electrons. The molecule has 0 bridgehead atoms. The molecule has 0 aliphatic heterocycles. The molecule has 0 unspecified atom stereocenters. The Morgan fingerprint density at radius 2 is 1.88 bits per heavy atom. The Morgan fingerprint density at radius 3 is 2.54 bits per heavy atom. The van der Waals surface area contributed by atoms with E-state index in [4.69, 9.17) is 0 Å². The van der Waals surface area contributed by atoms with Crippen molar-refractivity contribution in [3.8, 4) is 11.1 Å². The van der Waals surface area contributed by atoms with E-state index in [0.717, 1.165) is 21.3 Å². The van der Waals surface area contributed by atoms with Crippen molar-refractivity contribution in [2.75, 3.05) is 32.6 Å². The van der Waals surface area contributed by atoms with Crippen LogP contribution in [-0.4, -0.2) is 48.5 Å². The first-order valence-electron chi connectivity index (χ1n) is 7.37. The summed E-state index contributed by atoms with van der Waals surface area (Å²) >= 11 is 1.50. The Labute approximate surface area is 143 Å². The van der Waals surface area contributed by atoms with Crippen LogP contribution < -0.4 is 4.90 Å². The smallest absolute Gasteiger partial charge is 0.241 e. The third kappa shape index (κ3) is 3.07. The molecule has 0 saturated heterocycles. The molecule has 0 atom stereocenters. The first-order valence-corrected chi connectivity index (χ1v) is 8.24. The quantitative estimate of drug-likeness (QED) is 0.730. The zero-order valence-corrected chi connectivity index (χ0v) is 14.5. The number of hydrogen-bond donors (Lipinski definition) is 0.